The molecule has 0 aliphatic carbocycles. The molecule has 0 unspecified atom stereocenters. The van der Waals surface area contributed by atoms with Crippen molar-refractivity contribution in [1.82, 2.24) is 4.98 Å². The summed E-state index contributed by atoms with van der Waals surface area (Å²) in [6, 6.07) is 5.40. The Balaban J connectivity index is 2.58. The number of nitrogens with zero attached hydrogens (tertiary/aromatic N) is 2. The quantitative estimate of drug-likeness (QED) is 0.859. The lowest BCUT2D eigenvalue weighted by atomic mass is 10.1. The highest BCUT2D eigenvalue weighted by Gasteiger charge is 2.23. The monoisotopic (exact) mass is 334 g/mol. The summed E-state index contributed by atoms with van der Waals surface area (Å²) < 4.78 is 10.6. The Kier molecular flexibility index (Phi) is 5.00. The van der Waals surface area contributed by atoms with Crippen LogP contribution in [0.25, 0.3) is 11.3 Å². The lowest BCUT2D eigenvalue weighted by Gasteiger charge is -2.13. The van der Waals surface area contributed by atoms with Crippen LogP contribution >= 0.6 is 11.3 Å². The Bertz CT molecular complexity index is 741. The average Bonchev–Trinajstić information content (AvgIpc) is 2.86. The maximum absolute atomic E-state index is 11.7. The Morgan fingerprint density at radius 2 is 1.78 bits per heavy atom. The van der Waals surface area contributed by atoms with E-state index in [1.54, 1.807) is 26.4 Å². The van der Waals surface area contributed by atoms with Gasteiger partial charge in [0.15, 0.2) is 5.13 Å². The van der Waals surface area contributed by atoms with Crippen molar-refractivity contribution in [2.45, 2.75) is 20.8 Å². The first-order valence-corrected chi connectivity index (χ1v) is 7.71. The molecule has 2 aromatic rings. The molecule has 0 spiro atoms. The van der Waals surface area contributed by atoms with E-state index >= 15 is 0 Å². The van der Waals surface area contributed by atoms with E-state index in [1.165, 1.54) is 25.2 Å². The number of imide groups is 1. The number of aromatic nitrogens is 1. The lowest BCUT2D eigenvalue weighted by Crippen LogP contribution is -2.32. The summed E-state index contributed by atoms with van der Waals surface area (Å²) in [5.41, 5.74) is 1.41. The first kappa shape index (κ1) is 17.0. The fraction of sp³-hybridized carbons (Fsp3) is 0.312. The summed E-state index contributed by atoms with van der Waals surface area (Å²) in [6.07, 6.45) is 0. The SMILES string of the molecule is COc1ccc(OC)c(-c2nc(N(C(C)=O)C(C)=O)sc2C)c1. The second-order valence-corrected chi connectivity index (χ2v) is 6.02. The van der Waals surface area contributed by atoms with Gasteiger partial charge in [0.05, 0.1) is 19.9 Å². The molecule has 0 saturated heterocycles. The third kappa shape index (κ3) is 3.34. The Labute approximate surface area is 138 Å². The van der Waals surface area contributed by atoms with Crippen molar-refractivity contribution in [1.29, 1.82) is 0 Å². The van der Waals surface area contributed by atoms with Crippen molar-refractivity contribution < 1.29 is 19.1 Å². The molecule has 0 aliphatic heterocycles. The average molecular weight is 334 g/mol. The summed E-state index contributed by atoms with van der Waals surface area (Å²) >= 11 is 1.28. The third-order valence-electron chi connectivity index (χ3n) is 3.27. The molecule has 0 bridgehead atoms. The summed E-state index contributed by atoms with van der Waals surface area (Å²) in [4.78, 5) is 29.8. The number of rotatable bonds is 4. The van der Waals surface area contributed by atoms with Gasteiger partial charge in [0, 0.05) is 24.3 Å². The number of aryl methyl sites for hydroxylation is 1. The second kappa shape index (κ2) is 6.78. The van der Waals surface area contributed by atoms with Gasteiger partial charge in [-0.2, -0.15) is 0 Å². The predicted molar refractivity (Wildman–Crippen MR) is 89.2 cm³/mol. The smallest absolute Gasteiger partial charge is 0.232 e. The molecular weight excluding hydrogens is 316 g/mol. The normalized spacial score (nSPS) is 10.3. The highest BCUT2D eigenvalue weighted by atomic mass is 32.1. The van der Waals surface area contributed by atoms with Crippen LogP contribution in [0, 0.1) is 6.92 Å². The molecule has 0 atom stereocenters. The molecule has 2 amide bonds. The van der Waals surface area contributed by atoms with E-state index in [-0.39, 0.29) is 11.8 Å². The maximum Gasteiger partial charge on any atom is 0.232 e. The molecule has 1 heterocycles. The van der Waals surface area contributed by atoms with Gasteiger partial charge in [0.25, 0.3) is 0 Å². The van der Waals surface area contributed by atoms with Crippen molar-refractivity contribution in [2.75, 3.05) is 19.1 Å². The van der Waals surface area contributed by atoms with E-state index in [1.807, 2.05) is 13.0 Å². The lowest BCUT2D eigenvalue weighted by molar-refractivity contribution is -0.124. The highest BCUT2D eigenvalue weighted by molar-refractivity contribution is 7.16. The van der Waals surface area contributed by atoms with E-state index in [4.69, 9.17) is 9.47 Å². The molecule has 1 aromatic carbocycles. The number of thiazole rings is 1. The van der Waals surface area contributed by atoms with Crippen LogP contribution in [-0.2, 0) is 9.59 Å². The molecule has 122 valence electrons. The Morgan fingerprint density at radius 1 is 1.13 bits per heavy atom. The van der Waals surface area contributed by atoms with Crippen LogP contribution in [0.1, 0.15) is 18.7 Å². The Morgan fingerprint density at radius 3 is 2.30 bits per heavy atom. The number of anilines is 1. The van der Waals surface area contributed by atoms with Gasteiger partial charge in [0.2, 0.25) is 11.8 Å². The fourth-order valence-corrected chi connectivity index (χ4v) is 3.23. The molecule has 0 saturated carbocycles. The maximum atomic E-state index is 11.7. The summed E-state index contributed by atoms with van der Waals surface area (Å²) in [5, 5.41) is 0.349. The molecule has 23 heavy (non-hydrogen) atoms. The number of hydrogen-bond donors (Lipinski definition) is 0. The standard InChI is InChI=1S/C16H18N2O4S/c1-9-15(13-8-12(21-4)6-7-14(13)22-5)17-16(23-9)18(10(2)19)11(3)20/h6-8H,1-5H3. The number of methoxy groups -OCH3 is 2. The van der Waals surface area contributed by atoms with Crippen LogP contribution in [-0.4, -0.2) is 31.0 Å². The summed E-state index contributed by atoms with van der Waals surface area (Å²) in [7, 11) is 3.16. The van der Waals surface area contributed by atoms with E-state index < -0.39 is 0 Å². The number of hydrogen-bond acceptors (Lipinski definition) is 6. The minimum Gasteiger partial charge on any atom is -0.497 e. The minimum absolute atomic E-state index is 0.349. The molecule has 0 N–H and O–H groups in total. The zero-order valence-corrected chi connectivity index (χ0v) is 14.5. The minimum atomic E-state index is -0.365. The second-order valence-electron chi connectivity index (χ2n) is 4.84. The van der Waals surface area contributed by atoms with Crippen LogP contribution in [0.15, 0.2) is 18.2 Å². The summed E-state index contributed by atoms with van der Waals surface area (Å²) in [5.74, 6) is 0.582. The van der Waals surface area contributed by atoms with Crippen LogP contribution in [0.4, 0.5) is 5.13 Å². The highest BCUT2D eigenvalue weighted by Crippen LogP contribution is 2.39. The van der Waals surface area contributed by atoms with Gasteiger partial charge in [-0.05, 0) is 25.1 Å². The van der Waals surface area contributed by atoms with Gasteiger partial charge >= 0.3 is 0 Å². The van der Waals surface area contributed by atoms with Gasteiger partial charge in [-0.3, -0.25) is 9.59 Å². The van der Waals surface area contributed by atoms with Crippen LogP contribution in [0.5, 0.6) is 11.5 Å². The molecular formula is C16H18N2O4S. The van der Waals surface area contributed by atoms with Crippen LogP contribution < -0.4 is 14.4 Å². The number of benzene rings is 1. The number of amides is 2. The molecule has 6 nitrogen and oxygen atoms in total. The van der Waals surface area contributed by atoms with E-state index in [0.29, 0.717) is 22.3 Å². The topological polar surface area (TPSA) is 68.7 Å². The number of carbonyl (C=O) groups is 2. The van der Waals surface area contributed by atoms with Crippen molar-refractivity contribution >= 4 is 28.3 Å². The molecule has 0 radical (unpaired) electrons. The fourth-order valence-electron chi connectivity index (χ4n) is 2.22. The predicted octanol–water partition coefficient (Wildman–Crippen LogP) is 3.04. The first-order valence-electron chi connectivity index (χ1n) is 6.90. The van der Waals surface area contributed by atoms with Crippen LogP contribution in [0.3, 0.4) is 0 Å². The molecule has 2 rings (SSSR count). The van der Waals surface area contributed by atoms with Crippen molar-refractivity contribution in [2.24, 2.45) is 0 Å². The molecule has 0 aliphatic rings. The van der Waals surface area contributed by atoms with Crippen molar-refractivity contribution in [3.8, 4) is 22.8 Å². The number of ether oxygens (including phenoxy) is 2. The Hall–Kier alpha value is -2.41. The largest absolute Gasteiger partial charge is 0.497 e. The van der Waals surface area contributed by atoms with E-state index in [2.05, 4.69) is 4.98 Å². The van der Waals surface area contributed by atoms with E-state index in [9.17, 15) is 9.59 Å². The van der Waals surface area contributed by atoms with Crippen molar-refractivity contribution in [3.05, 3.63) is 23.1 Å². The van der Waals surface area contributed by atoms with Gasteiger partial charge < -0.3 is 9.47 Å². The molecule has 0 fully saturated rings. The third-order valence-corrected chi connectivity index (χ3v) is 4.22. The van der Waals surface area contributed by atoms with Gasteiger partial charge in [-0.1, -0.05) is 0 Å². The zero-order chi connectivity index (χ0) is 17.1. The van der Waals surface area contributed by atoms with E-state index in [0.717, 1.165) is 15.3 Å². The number of carbonyl (C=O) groups excluding carboxylic acids is 2. The van der Waals surface area contributed by atoms with Crippen LogP contribution in [0.2, 0.25) is 0 Å². The molecule has 1 aromatic heterocycles. The first-order chi connectivity index (χ1) is 10.9. The van der Waals surface area contributed by atoms with Gasteiger partial charge in [-0.25, -0.2) is 9.88 Å². The molecule has 7 heteroatoms. The zero-order valence-electron chi connectivity index (χ0n) is 13.7. The van der Waals surface area contributed by atoms with Crippen molar-refractivity contribution in [3.63, 3.8) is 0 Å². The summed E-state index contributed by atoms with van der Waals surface area (Å²) in [6.45, 7) is 4.56. The van der Waals surface area contributed by atoms with Gasteiger partial charge in [-0.15, -0.1) is 11.3 Å². The van der Waals surface area contributed by atoms with Gasteiger partial charge in [0.1, 0.15) is 11.5 Å².